The van der Waals surface area contributed by atoms with Gasteiger partial charge in [0.1, 0.15) is 6.04 Å². The second-order valence-corrected chi connectivity index (χ2v) is 8.61. The molecule has 0 aromatic rings. The van der Waals surface area contributed by atoms with Crippen molar-refractivity contribution in [3.8, 4) is 0 Å². The predicted molar refractivity (Wildman–Crippen MR) is 113 cm³/mol. The van der Waals surface area contributed by atoms with Gasteiger partial charge in [-0.3, -0.25) is 24.0 Å². The van der Waals surface area contributed by atoms with Crippen molar-refractivity contribution in [2.45, 2.75) is 77.9 Å². The monoisotopic (exact) mass is 444 g/mol. The van der Waals surface area contributed by atoms with Gasteiger partial charge in [0, 0.05) is 37.4 Å². The van der Waals surface area contributed by atoms with Crippen LogP contribution < -0.4 is 21.3 Å². The van der Waals surface area contributed by atoms with Gasteiger partial charge in [0.25, 0.3) is 0 Å². The summed E-state index contributed by atoms with van der Waals surface area (Å²) in [5.74, 6) is -3.71. The third-order valence-electron chi connectivity index (χ3n) is 4.10. The van der Waals surface area contributed by atoms with Crippen molar-refractivity contribution in [2.24, 2.45) is 5.92 Å². The summed E-state index contributed by atoms with van der Waals surface area (Å²) in [7, 11) is 0. The van der Waals surface area contributed by atoms with Gasteiger partial charge in [0.05, 0.1) is 6.04 Å². The van der Waals surface area contributed by atoms with Crippen LogP contribution in [0.3, 0.4) is 0 Å². The van der Waals surface area contributed by atoms with Crippen molar-refractivity contribution in [3.05, 3.63) is 0 Å². The van der Waals surface area contributed by atoms with Gasteiger partial charge in [-0.2, -0.15) is 0 Å². The van der Waals surface area contributed by atoms with Crippen LogP contribution in [-0.4, -0.2) is 70.6 Å². The number of carbonyl (C=O) groups is 5. The summed E-state index contributed by atoms with van der Waals surface area (Å²) in [5.41, 5.74) is -0.492. The molecule has 2 atom stereocenters. The van der Waals surface area contributed by atoms with Crippen LogP contribution in [0.2, 0.25) is 0 Å². The highest BCUT2D eigenvalue weighted by atomic mass is 16.4. The van der Waals surface area contributed by atoms with Gasteiger partial charge < -0.3 is 31.5 Å². The molecule has 3 amide bonds. The van der Waals surface area contributed by atoms with Crippen LogP contribution in [0, 0.1) is 5.92 Å². The minimum Gasteiger partial charge on any atom is -0.481 e. The highest BCUT2D eigenvalue weighted by Crippen LogP contribution is 2.08. The normalized spacial score (nSPS) is 13.2. The molecule has 0 spiro atoms. The van der Waals surface area contributed by atoms with E-state index in [-0.39, 0.29) is 50.6 Å². The summed E-state index contributed by atoms with van der Waals surface area (Å²) in [4.78, 5) is 58.6. The smallest absolute Gasteiger partial charge is 0.303 e. The lowest BCUT2D eigenvalue weighted by atomic mass is 10.0. The minimum absolute atomic E-state index is 0.00688. The van der Waals surface area contributed by atoms with Gasteiger partial charge in [0.15, 0.2) is 0 Å². The average molecular weight is 445 g/mol. The Morgan fingerprint density at radius 2 is 1.19 bits per heavy atom. The zero-order valence-corrected chi connectivity index (χ0v) is 18.9. The molecule has 0 aromatic carbocycles. The number of hydrogen-bond donors (Lipinski definition) is 6. The SMILES string of the molecule is CC(C)C(=O)NCCNC(=O)C(CCC(=O)O)NC(=O)C(CCC(=O)O)NC(C)(C)C. The molecule has 2 unspecified atom stereocenters. The summed E-state index contributed by atoms with van der Waals surface area (Å²) in [6.45, 7) is 9.21. The van der Waals surface area contributed by atoms with E-state index < -0.39 is 41.4 Å². The molecule has 0 bridgehead atoms. The van der Waals surface area contributed by atoms with Gasteiger partial charge in [-0.05, 0) is 33.6 Å². The summed E-state index contributed by atoms with van der Waals surface area (Å²) in [6, 6.07) is -1.99. The van der Waals surface area contributed by atoms with E-state index in [1.165, 1.54) is 0 Å². The lowest BCUT2D eigenvalue weighted by molar-refractivity contribution is -0.139. The van der Waals surface area contributed by atoms with E-state index in [0.717, 1.165) is 0 Å². The first-order valence-corrected chi connectivity index (χ1v) is 10.3. The lowest BCUT2D eigenvalue weighted by Gasteiger charge is -2.29. The van der Waals surface area contributed by atoms with E-state index in [0.29, 0.717) is 0 Å². The van der Waals surface area contributed by atoms with Crippen LogP contribution in [-0.2, 0) is 24.0 Å². The molecule has 31 heavy (non-hydrogen) atoms. The van der Waals surface area contributed by atoms with Crippen molar-refractivity contribution >= 4 is 29.7 Å². The standard InChI is InChI=1S/C20H36N4O7/c1-12(2)17(29)21-10-11-22-18(30)13(6-8-15(25)26)23-19(31)14(7-9-16(27)28)24-20(3,4)5/h12-14,24H,6-11H2,1-5H3,(H,21,29)(H,22,30)(H,23,31)(H,25,26)(H,27,28). The summed E-state index contributed by atoms with van der Waals surface area (Å²) >= 11 is 0. The Bertz CT molecular complexity index is 644. The number of carboxylic acids is 2. The Labute approximate surface area is 182 Å². The second kappa shape index (κ2) is 13.6. The van der Waals surface area contributed by atoms with E-state index in [2.05, 4.69) is 21.3 Å². The van der Waals surface area contributed by atoms with E-state index in [1.54, 1.807) is 13.8 Å². The first kappa shape index (κ1) is 28.3. The van der Waals surface area contributed by atoms with Crippen LogP contribution in [0.15, 0.2) is 0 Å². The van der Waals surface area contributed by atoms with Gasteiger partial charge in [0.2, 0.25) is 17.7 Å². The number of hydrogen-bond acceptors (Lipinski definition) is 6. The molecule has 0 heterocycles. The maximum atomic E-state index is 12.7. The highest BCUT2D eigenvalue weighted by molar-refractivity contribution is 5.90. The van der Waals surface area contributed by atoms with Crippen LogP contribution in [0.4, 0.5) is 0 Å². The molecule has 0 aliphatic rings. The molecular formula is C20H36N4O7. The third-order valence-corrected chi connectivity index (χ3v) is 4.10. The zero-order chi connectivity index (χ0) is 24.2. The molecule has 11 heteroatoms. The Morgan fingerprint density at radius 1 is 0.742 bits per heavy atom. The van der Waals surface area contributed by atoms with Crippen LogP contribution in [0.5, 0.6) is 0 Å². The van der Waals surface area contributed by atoms with Crippen molar-refractivity contribution in [2.75, 3.05) is 13.1 Å². The Hall–Kier alpha value is -2.69. The van der Waals surface area contributed by atoms with E-state index in [9.17, 15) is 24.0 Å². The molecule has 178 valence electrons. The van der Waals surface area contributed by atoms with Gasteiger partial charge in [-0.25, -0.2) is 0 Å². The quantitative estimate of drug-likeness (QED) is 0.200. The molecule has 0 aliphatic heterocycles. The van der Waals surface area contributed by atoms with E-state index in [4.69, 9.17) is 10.2 Å². The maximum absolute atomic E-state index is 12.7. The van der Waals surface area contributed by atoms with Crippen molar-refractivity contribution in [1.29, 1.82) is 0 Å². The fourth-order valence-corrected chi connectivity index (χ4v) is 2.57. The largest absolute Gasteiger partial charge is 0.481 e. The third kappa shape index (κ3) is 14.0. The number of nitrogens with one attached hydrogen (secondary N) is 4. The van der Waals surface area contributed by atoms with Gasteiger partial charge in [-0.15, -0.1) is 0 Å². The topological polar surface area (TPSA) is 174 Å². The Kier molecular flexibility index (Phi) is 12.4. The molecule has 0 aromatic heterocycles. The summed E-state index contributed by atoms with van der Waals surface area (Å²) < 4.78 is 0. The molecular weight excluding hydrogens is 408 g/mol. The molecule has 0 aliphatic carbocycles. The summed E-state index contributed by atoms with van der Waals surface area (Å²) in [5, 5.41) is 28.6. The predicted octanol–water partition coefficient (Wildman–Crippen LogP) is -0.154. The molecule has 0 fully saturated rings. The number of carbonyl (C=O) groups excluding carboxylic acids is 3. The number of carboxylic acid groups (broad SMARTS) is 2. The fourth-order valence-electron chi connectivity index (χ4n) is 2.57. The van der Waals surface area contributed by atoms with Gasteiger partial charge in [-0.1, -0.05) is 13.8 Å². The molecule has 6 N–H and O–H groups in total. The number of amides is 3. The zero-order valence-electron chi connectivity index (χ0n) is 18.9. The molecule has 0 radical (unpaired) electrons. The number of rotatable bonds is 14. The second-order valence-electron chi connectivity index (χ2n) is 8.61. The lowest BCUT2D eigenvalue weighted by Crippen LogP contribution is -2.56. The van der Waals surface area contributed by atoms with Crippen molar-refractivity contribution in [1.82, 2.24) is 21.3 Å². The van der Waals surface area contributed by atoms with Crippen LogP contribution in [0.1, 0.15) is 60.3 Å². The maximum Gasteiger partial charge on any atom is 0.303 e. The van der Waals surface area contributed by atoms with Crippen LogP contribution in [0.25, 0.3) is 0 Å². The van der Waals surface area contributed by atoms with Crippen molar-refractivity contribution < 1.29 is 34.2 Å². The number of aliphatic carboxylic acids is 2. The highest BCUT2D eigenvalue weighted by Gasteiger charge is 2.28. The average Bonchev–Trinajstić information content (AvgIpc) is 2.63. The Balaban J connectivity index is 5.07. The van der Waals surface area contributed by atoms with Crippen molar-refractivity contribution in [3.63, 3.8) is 0 Å². The molecule has 0 saturated carbocycles. The first-order valence-electron chi connectivity index (χ1n) is 10.3. The molecule has 0 saturated heterocycles. The van der Waals surface area contributed by atoms with E-state index in [1.807, 2.05) is 20.8 Å². The molecule has 11 nitrogen and oxygen atoms in total. The van der Waals surface area contributed by atoms with Gasteiger partial charge >= 0.3 is 11.9 Å². The van der Waals surface area contributed by atoms with E-state index >= 15 is 0 Å². The Morgan fingerprint density at radius 3 is 1.61 bits per heavy atom. The summed E-state index contributed by atoms with van der Waals surface area (Å²) in [6.07, 6.45) is -0.711. The van der Waals surface area contributed by atoms with Crippen LogP contribution >= 0.6 is 0 Å². The first-order chi connectivity index (χ1) is 14.2. The minimum atomic E-state index is -1.12. The molecule has 0 rings (SSSR count). The fraction of sp³-hybridized carbons (Fsp3) is 0.750.